The zero-order valence-corrected chi connectivity index (χ0v) is 10.5. The predicted octanol–water partition coefficient (Wildman–Crippen LogP) is -0.325. The summed E-state index contributed by atoms with van der Waals surface area (Å²) >= 11 is 0. The van der Waals surface area contributed by atoms with E-state index in [0.717, 1.165) is 44.3 Å². The summed E-state index contributed by atoms with van der Waals surface area (Å²) in [6, 6.07) is 0. The van der Waals surface area contributed by atoms with Crippen LogP contribution in [-0.2, 0) is 15.5 Å². The molecule has 15 heavy (non-hydrogen) atoms. The van der Waals surface area contributed by atoms with Gasteiger partial charge in [0.2, 0.25) is 0 Å². The second kappa shape index (κ2) is 7.33. The number of hydrogen-bond acceptors (Lipinski definition) is 4. The SMILES string of the molecule is CCS(=O)CCNCC1CN(C)CCO1. The first kappa shape index (κ1) is 13.1. The van der Waals surface area contributed by atoms with Crippen molar-refractivity contribution in [2.24, 2.45) is 0 Å². The summed E-state index contributed by atoms with van der Waals surface area (Å²) in [5.41, 5.74) is 0. The van der Waals surface area contributed by atoms with Crippen LogP contribution in [0.1, 0.15) is 6.92 Å². The average molecular weight is 234 g/mol. The molecule has 0 aromatic heterocycles. The van der Waals surface area contributed by atoms with Crippen molar-refractivity contribution < 1.29 is 8.95 Å². The van der Waals surface area contributed by atoms with Crippen LogP contribution < -0.4 is 5.32 Å². The molecule has 90 valence electrons. The molecule has 5 heteroatoms. The Morgan fingerprint density at radius 2 is 2.40 bits per heavy atom. The molecule has 1 aliphatic heterocycles. The van der Waals surface area contributed by atoms with Crippen molar-refractivity contribution in [3.8, 4) is 0 Å². The van der Waals surface area contributed by atoms with Gasteiger partial charge in [-0.3, -0.25) is 4.21 Å². The number of rotatable bonds is 6. The molecule has 2 atom stereocenters. The Bertz CT molecular complexity index is 202. The summed E-state index contributed by atoms with van der Waals surface area (Å²) in [7, 11) is 1.46. The molecule has 0 spiro atoms. The van der Waals surface area contributed by atoms with Crippen LogP contribution in [0, 0.1) is 0 Å². The van der Waals surface area contributed by atoms with E-state index in [-0.39, 0.29) is 0 Å². The predicted molar refractivity (Wildman–Crippen MR) is 63.7 cm³/mol. The molecule has 1 rings (SSSR count). The van der Waals surface area contributed by atoms with Gasteiger partial charge in [0.05, 0.1) is 12.7 Å². The van der Waals surface area contributed by atoms with Crippen LogP contribution in [0.2, 0.25) is 0 Å². The highest BCUT2D eigenvalue weighted by Crippen LogP contribution is 2.01. The third kappa shape index (κ3) is 5.61. The van der Waals surface area contributed by atoms with Crippen molar-refractivity contribution in [3.63, 3.8) is 0 Å². The summed E-state index contributed by atoms with van der Waals surface area (Å²) in [5.74, 6) is 1.50. The fourth-order valence-corrected chi connectivity index (χ4v) is 2.24. The molecule has 0 aromatic rings. The number of nitrogens with zero attached hydrogens (tertiary/aromatic N) is 1. The van der Waals surface area contributed by atoms with Crippen LogP contribution in [0.4, 0.5) is 0 Å². The molecule has 0 aromatic carbocycles. The summed E-state index contributed by atoms with van der Waals surface area (Å²) < 4.78 is 16.7. The number of likely N-dealkylation sites (N-methyl/N-ethyl adjacent to an activating group) is 1. The van der Waals surface area contributed by atoms with Crippen molar-refractivity contribution in [1.82, 2.24) is 10.2 Å². The standard InChI is InChI=1S/C10H22N2O2S/c1-3-15(13)7-4-11-8-10-9-12(2)5-6-14-10/h10-11H,3-9H2,1-2H3. The van der Waals surface area contributed by atoms with E-state index in [9.17, 15) is 4.21 Å². The maximum absolute atomic E-state index is 11.1. The molecule has 0 radical (unpaired) electrons. The van der Waals surface area contributed by atoms with Gasteiger partial charge in [-0.1, -0.05) is 6.92 Å². The first-order chi connectivity index (χ1) is 7.22. The van der Waals surface area contributed by atoms with Crippen molar-refractivity contribution in [2.45, 2.75) is 13.0 Å². The maximum atomic E-state index is 11.1. The van der Waals surface area contributed by atoms with Gasteiger partial charge in [-0.15, -0.1) is 0 Å². The zero-order chi connectivity index (χ0) is 11.1. The minimum absolute atomic E-state index is 0.291. The highest BCUT2D eigenvalue weighted by Gasteiger charge is 2.16. The van der Waals surface area contributed by atoms with E-state index in [1.165, 1.54) is 0 Å². The van der Waals surface area contributed by atoms with Crippen molar-refractivity contribution in [3.05, 3.63) is 0 Å². The second-order valence-electron chi connectivity index (χ2n) is 3.89. The largest absolute Gasteiger partial charge is 0.374 e. The quantitative estimate of drug-likeness (QED) is 0.639. The molecule has 0 bridgehead atoms. The Morgan fingerprint density at radius 3 is 3.07 bits per heavy atom. The highest BCUT2D eigenvalue weighted by atomic mass is 32.2. The lowest BCUT2D eigenvalue weighted by Gasteiger charge is -2.30. The molecule has 2 unspecified atom stereocenters. The van der Waals surface area contributed by atoms with Crippen molar-refractivity contribution >= 4 is 10.8 Å². The van der Waals surface area contributed by atoms with E-state index in [2.05, 4.69) is 17.3 Å². The number of nitrogens with one attached hydrogen (secondary N) is 1. The van der Waals surface area contributed by atoms with Gasteiger partial charge in [0.25, 0.3) is 0 Å². The monoisotopic (exact) mass is 234 g/mol. The van der Waals surface area contributed by atoms with Gasteiger partial charge < -0.3 is 15.0 Å². The van der Waals surface area contributed by atoms with Gasteiger partial charge in [0.15, 0.2) is 0 Å². The molecule has 1 fully saturated rings. The Labute approximate surface area is 94.8 Å². The lowest BCUT2D eigenvalue weighted by atomic mass is 10.3. The molecule has 1 N–H and O–H groups in total. The van der Waals surface area contributed by atoms with E-state index in [0.29, 0.717) is 6.10 Å². The normalized spacial score (nSPS) is 25.3. The Morgan fingerprint density at radius 1 is 1.60 bits per heavy atom. The smallest absolute Gasteiger partial charge is 0.0826 e. The van der Waals surface area contributed by atoms with E-state index >= 15 is 0 Å². The maximum Gasteiger partial charge on any atom is 0.0826 e. The third-order valence-corrected chi connectivity index (χ3v) is 3.85. The molecule has 0 aliphatic carbocycles. The number of hydrogen-bond donors (Lipinski definition) is 1. The van der Waals surface area contributed by atoms with E-state index in [1.807, 2.05) is 6.92 Å². The second-order valence-corrected chi connectivity index (χ2v) is 5.76. The minimum atomic E-state index is -0.654. The lowest BCUT2D eigenvalue weighted by Crippen LogP contribution is -2.45. The Kier molecular flexibility index (Phi) is 6.40. The summed E-state index contributed by atoms with van der Waals surface area (Å²) in [6.07, 6.45) is 0.291. The fourth-order valence-electron chi connectivity index (χ4n) is 1.58. The molecule has 1 heterocycles. The van der Waals surface area contributed by atoms with Crippen LogP contribution in [0.3, 0.4) is 0 Å². The van der Waals surface area contributed by atoms with E-state index in [1.54, 1.807) is 0 Å². The summed E-state index contributed by atoms with van der Waals surface area (Å²) in [6.45, 7) is 6.48. The van der Waals surface area contributed by atoms with Crippen LogP contribution >= 0.6 is 0 Å². The van der Waals surface area contributed by atoms with E-state index < -0.39 is 10.8 Å². The van der Waals surface area contributed by atoms with Crippen molar-refractivity contribution in [2.75, 3.05) is 51.3 Å². The van der Waals surface area contributed by atoms with Gasteiger partial charge in [0.1, 0.15) is 0 Å². The van der Waals surface area contributed by atoms with Gasteiger partial charge in [-0.2, -0.15) is 0 Å². The summed E-state index contributed by atoms with van der Waals surface area (Å²) in [5, 5.41) is 3.30. The molecule has 0 saturated carbocycles. The average Bonchev–Trinajstić information content (AvgIpc) is 2.24. The Balaban J connectivity index is 2.02. The third-order valence-electron chi connectivity index (χ3n) is 2.54. The molecule has 4 nitrogen and oxygen atoms in total. The van der Waals surface area contributed by atoms with Crippen LogP contribution in [-0.4, -0.2) is 66.6 Å². The van der Waals surface area contributed by atoms with Gasteiger partial charge in [-0.25, -0.2) is 0 Å². The zero-order valence-electron chi connectivity index (χ0n) is 9.70. The molecule has 1 aliphatic rings. The highest BCUT2D eigenvalue weighted by molar-refractivity contribution is 7.84. The summed E-state index contributed by atoms with van der Waals surface area (Å²) in [4.78, 5) is 2.28. The number of morpholine rings is 1. The minimum Gasteiger partial charge on any atom is -0.374 e. The topological polar surface area (TPSA) is 41.6 Å². The van der Waals surface area contributed by atoms with Gasteiger partial charge in [-0.05, 0) is 7.05 Å². The molecular weight excluding hydrogens is 212 g/mol. The first-order valence-electron chi connectivity index (χ1n) is 5.58. The van der Waals surface area contributed by atoms with Crippen LogP contribution in [0.25, 0.3) is 0 Å². The van der Waals surface area contributed by atoms with Crippen LogP contribution in [0.5, 0.6) is 0 Å². The van der Waals surface area contributed by atoms with Crippen LogP contribution in [0.15, 0.2) is 0 Å². The number of ether oxygens (including phenoxy) is 1. The van der Waals surface area contributed by atoms with E-state index in [4.69, 9.17) is 4.74 Å². The Hall–Kier alpha value is 0.0300. The first-order valence-corrected chi connectivity index (χ1v) is 7.07. The van der Waals surface area contributed by atoms with Gasteiger partial charge >= 0.3 is 0 Å². The van der Waals surface area contributed by atoms with Crippen molar-refractivity contribution in [1.29, 1.82) is 0 Å². The lowest BCUT2D eigenvalue weighted by molar-refractivity contribution is -0.0178. The molecule has 1 saturated heterocycles. The van der Waals surface area contributed by atoms with Gasteiger partial charge in [0, 0.05) is 48.5 Å². The molecule has 0 amide bonds. The molecular formula is C10H22N2O2S. The fraction of sp³-hybridized carbons (Fsp3) is 1.00.